The van der Waals surface area contributed by atoms with Crippen LogP contribution in [0.5, 0.6) is 5.75 Å². The molecule has 0 unspecified atom stereocenters. The van der Waals surface area contributed by atoms with Crippen molar-refractivity contribution in [2.24, 2.45) is 0 Å². The number of hydrogen-bond acceptors (Lipinski definition) is 5. The molecule has 3 heterocycles. The second kappa shape index (κ2) is 7.21. The summed E-state index contributed by atoms with van der Waals surface area (Å²) in [7, 11) is 0. The second-order valence-corrected chi connectivity index (χ2v) is 6.42. The van der Waals surface area contributed by atoms with Crippen molar-refractivity contribution in [1.82, 2.24) is 19.5 Å². The van der Waals surface area contributed by atoms with Crippen molar-refractivity contribution in [3.8, 4) is 5.75 Å². The van der Waals surface area contributed by atoms with E-state index >= 15 is 0 Å². The van der Waals surface area contributed by atoms with Gasteiger partial charge in [-0.05, 0) is 43.7 Å². The van der Waals surface area contributed by atoms with Crippen molar-refractivity contribution in [3.05, 3.63) is 60.6 Å². The normalized spacial score (nSPS) is 19.3. The fourth-order valence-corrected chi connectivity index (χ4v) is 3.46. The van der Waals surface area contributed by atoms with Crippen LogP contribution in [0.25, 0.3) is 5.65 Å². The molecule has 4 rings (SSSR count). The van der Waals surface area contributed by atoms with Crippen LogP contribution < -0.4 is 4.74 Å². The van der Waals surface area contributed by atoms with E-state index in [2.05, 4.69) is 15.1 Å². The molecule has 1 N–H and O–H groups in total. The van der Waals surface area contributed by atoms with Gasteiger partial charge in [0.15, 0.2) is 11.5 Å². The molecule has 0 radical (unpaired) electrons. The van der Waals surface area contributed by atoms with Crippen molar-refractivity contribution >= 4 is 5.65 Å². The first-order valence-corrected chi connectivity index (χ1v) is 8.71. The highest BCUT2D eigenvalue weighted by atomic mass is 16.5. The van der Waals surface area contributed by atoms with E-state index in [0.717, 1.165) is 36.6 Å². The minimum absolute atomic E-state index is 0.184. The Morgan fingerprint density at radius 3 is 2.84 bits per heavy atom. The molecule has 2 atom stereocenters. The quantitative estimate of drug-likeness (QED) is 0.747. The lowest BCUT2D eigenvalue weighted by molar-refractivity contribution is 0.0625. The summed E-state index contributed by atoms with van der Waals surface area (Å²) in [4.78, 5) is 2.28. The SMILES string of the molecule is O[C@H](COc1ccccc1)CN1CCC[C@@H]1c1nnc2ccccn12. The number of β-amino-alcohol motifs (C(OH)–C–C–N with tert-alkyl or cyclic N) is 1. The van der Waals surface area contributed by atoms with Gasteiger partial charge in [0, 0.05) is 12.7 Å². The van der Waals surface area contributed by atoms with Crippen LogP contribution in [0.3, 0.4) is 0 Å². The zero-order valence-corrected chi connectivity index (χ0v) is 14.0. The number of aliphatic hydroxyl groups is 1. The predicted octanol–water partition coefficient (Wildman–Crippen LogP) is 2.31. The zero-order valence-electron chi connectivity index (χ0n) is 14.0. The molecule has 130 valence electrons. The highest BCUT2D eigenvalue weighted by Gasteiger charge is 2.31. The lowest BCUT2D eigenvalue weighted by Gasteiger charge is -2.25. The summed E-state index contributed by atoms with van der Waals surface area (Å²) in [5.74, 6) is 1.73. The van der Waals surface area contributed by atoms with E-state index in [-0.39, 0.29) is 12.6 Å². The molecule has 1 aliphatic rings. The maximum Gasteiger partial charge on any atom is 0.160 e. The fraction of sp³-hybridized carbons (Fsp3) is 0.368. The van der Waals surface area contributed by atoms with E-state index in [0.29, 0.717) is 6.54 Å². The van der Waals surface area contributed by atoms with E-state index in [1.165, 1.54) is 0 Å². The summed E-state index contributed by atoms with van der Waals surface area (Å²) in [5.41, 5.74) is 0.859. The van der Waals surface area contributed by atoms with E-state index in [1.807, 2.05) is 59.1 Å². The summed E-state index contributed by atoms with van der Waals surface area (Å²) in [6.45, 7) is 1.81. The van der Waals surface area contributed by atoms with Crippen LogP contribution in [-0.4, -0.2) is 50.4 Å². The summed E-state index contributed by atoms with van der Waals surface area (Å²) < 4.78 is 7.70. The average molecular weight is 338 g/mol. The number of para-hydroxylation sites is 1. The van der Waals surface area contributed by atoms with Gasteiger partial charge in [0.05, 0.1) is 6.04 Å². The maximum atomic E-state index is 10.4. The molecule has 6 heteroatoms. The van der Waals surface area contributed by atoms with Crippen molar-refractivity contribution in [1.29, 1.82) is 0 Å². The standard InChI is InChI=1S/C19H22N4O2/c24-15(14-25-16-7-2-1-3-8-16)13-22-11-6-9-17(22)19-21-20-18-10-4-5-12-23(18)19/h1-5,7-8,10,12,15,17,24H,6,9,11,13-14H2/t15-,17+/m0/s1. The minimum atomic E-state index is -0.542. The Bertz CT molecular complexity index is 820. The largest absolute Gasteiger partial charge is 0.491 e. The number of pyridine rings is 1. The molecule has 1 saturated heterocycles. The molecule has 0 saturated carbocycles. The number of rotatable bonds is 6. The molecular weight excluding hydrogens is 316 g/mol. The summed E-state index contributed by atoms with van der Waals surface area (Å²) in [6.07, 6.45) is 3.58. The van der Waals surface area contributed by atoms with E-state index < -0.39 is 6.10 Å². The molecule has 0 amide bonds. The van der Waals surface area contributed by atoms with Crippen LogP contribution in [0.4, 0.5) is 0 Å². The monoisotopic (exact) mass is 338 g/mol. The summed E-state index contributed by atoms with van der Waals surface area (Å²) >= 11 is 0. The Morgan fingerprint density at radius 2 is 1.96 bits per heavy atom. The Labute approximate surface area is 146 Å². The molecular formula is C19H22N4O2. The van der Waals surface area contributed by atoms with Crippen LogP contribution in [0, 0.1) is 0 Å². The Balaban J connectivity index is 1.41. The lowest BCUT2D eigenvalue weighted by Crippen LogP contribution is -2.35. The molecule has 1 fully saturated rings. The van der Waals surface area contributed by atoms with Crippen molar-refractivity contribution in [2.45, 2.75) is 25.0 Å². The second-order valence-electron chi connectivity index (χ2n) is 6.42. The number of hydrogen-bond donors (Lipinski definition) is 1. The van der Waals surface area contributed by atoms with Crippen LogP contribution in [0.1, 0.15) is 24.7 Å². The first-order valence-electron chi connectivity index (χ1n) is 8.71. The molecule has 0 bridgehead atoms. The lowest BCUT2D eigenvalue weighted by atomic mass is 10.2. The Kier molecular flexibility index (Phi) is 4.63. The van der Waals surface area contributed by atoms with Gasteiger partial charge in [-0.15, -0.1) is 10.2 Å². The van der Waals surface area contributed by atoms with Gasteiger partial charge in [-0.3, -0.25) is 9.30 Å². The molecule has 1 aromatic carbocycles. The Hall–Kier alpha value is -2.44. The smallest absolute Gasteiger partial charge is 0.160 e. The average Bonchev–Trinajstić information content (AvgIpc) is 3.27. The van der Waals surface area contributed by atoms with Crippen LogP contribution >= 0.6 is 0 Å². The molecule has 3 aromatic rings. The number of likely N-dealkylation sites (tertiary alicyclic amines) is 1. The maximum absolute atomic E-state index is 10.4. The van der Waals surface area contributed by atoms with E-state index in [4.69, 9.17) is 4.74 Å². The molecule has 6 nitrogen and oxygen atoms in total. The fourth-order valence-electron chi connectivity index (χ4n) is 3.46. The summed E-state index contributed by atoms with van der Waals surface area (Å²) in [6, 6.07) is 15.7. The first-order chi connectivity index (χ1) is 12.3. The van der Waals surface area contributed by atoms with Crippen LogP contribution in [0.2, 0.25) is 0 Å². The number of aromatic nitrogens is 3. The van der Waals surface area contributed by atoms with Crippen LogP contribution in [-0.2, 0) is 0 Å². The number of nitrogens with zero attached hydrogens (tertiary/aromatic N) is 4. The van der Waals surface area contributed by atoms with Gasteiger partial charge in [0.1, 0.15) is 18.5 Å². The number of fused-ring (bicyclic) bond motifs is 1. The third-order valence-electron chi connectivity index (χ3n) is 4.63. The van der Waals surface area contributed by atoms with Gasteiger partial charge in [0.2, 0.25) is 0 Å². The van der Waals surface area contributed by atoms with E-state index in [1.54, 1.807) is 0 Å². The van der Waals surface area contributed by atoms with Gasteiger partial charge in [-0.1, -0.05) is 24.3 Å². The molecule has 2 aromatic heterocycles. The number of ether oxygens (including phenoxy) is 1. The van der Waals surface area contributed by atoms with E-state index in [9.17, 15) is 5.11 Å². The highest BCUT2D eigenvalue weighted by molar-refractivity contribution is 5.37. The highest BCUT2D eigenvalue weighted by Crippen LogP contribution is 2.31. The molecule has 0 aliphatic carbocycles. The van der Waals surface area contributed by atoms with Crippen molar-refractivity contribution in [3.63, 3.8) is 0 Å². The van der Waals surface area contributed by atoms with Crippen LogP contribution in [0.15, 0.2) is 54.7 Å². The molecule has 25 heavy (non-hydrogen) atoms. The van der Waals surface area contributed by atoms with Gasteiger partial charge < -0.3 is 9.84 Å². The topological polar surface area (TPSA) is 62.9 Å². The van der Waals surface area contributed by atoms with Gasteiger partial charge in [-0.2, -0.15) is 0 Å². The number of aliphatic hydroxyl groups excluding tert-OH is 1. The van der Waals surface area contributed by atoms with Crippen molar-refractivity contribution < 1.29 is 9.84 Å². The number of benzene rings is 1. The minimum Gasteiger partial charge on any atom is -0.491 e. The van der Waals surface area contributed by atoms with Crippen molar-refractivity contribution in [2.75, 3.05) is 19.7 Å². The summed E-state index contributed by atoms with van der Waals surface area (Å²) in [5, 5.41) is 19.0. The van der Waals surface area contributed by atoms with Gasteiger partial charge in [-0.25, -0.2) is 0 Å². The van der Waals surface area contributed by atoms with Gasteiger partial charge >= 0.3 is 0 Å². The Morgan fingerprint density at radius 1 is 1.12 bits per heavy atom. The predicted molar refractivity (Wildman–Crippen MR) is 94.5 cm³/mol. The zero-order chi connectivity index (χ0) is 17.1. The third kappa shape index (κ3) is 3.50. The molecule has 1 aliphatic heterocycles. The first kappa shape index (κ1) is 16.1. The third-order valence-corrected chi connectivity index (χ3v) is 4.63. The molecule has 0 spiro atoms. The van der Waals surface area contributed by atoms with Gasteiger partial charge in [0.25, 0.3) is 0 Å².